The topological polar surface area (TPSA) is 121 Å². The van der Waals surface area contributed by atoms with Crippen LogP contribution in [0.1, 0.15) is 39.3 Å². The minimum Gasteiger partial charge on any atom is -0.390 e. The summed E-state index contributed by atoms with van der Waals surface area (Å²) in [5.41, 5.74) is 1.97. The van der Waals surface area contributed by atoms with Crippen molar-refractivity contribution in [3.63, 3.8) is 0 Å². The number of ketones is 1. The van der Waals surface area contributed by atoms with E-state index in [1.165, 1.54) is 4.68 Å². The van der Waals surface area contributed by atoms with Gasteiger partial charge in [0.25, 0.3) is 5.56 Å². The third-order valence-electron chi connectivity index (χ3n) is 8.61. The van der Waals surface area contributed by atoms with Gasteiger partial charge in [0, 0.05) is 67.8 Å². The molecule has 4 heterocycles. The van der Waals surface area contributed by atoms with Crippen LogP contribution >= 0.6 is 0 Å². The predicted molar refractivity (Wildman–Crippen MR) is 172 cm³/mol. The average Bonchev–Trinajstić information content (AvgIpc) is 3.23. The first-order valence-corrected chi connectivity index (χ1v) is 15.2. The van der Waals surface area contributed by atoms with E-state index in [2.05, 4.69) is 38.8 Å². The second kappa shape index (κ2) is 12.0. The Hall–Kier alpha value is -4.35. The Balaban J connectivity index is 1.19. The van der Waals surface area contributed by atoms with E-state index >= 15 is 0 Å². The summed E-state index contributed by atoms with van der Waals surface area (Å²) in [4.78, 5) is 43.7. The summed E-state index contributed by atoms with van der Waals surface area (Å²) in [6.07, 6.45) is 5.57. The molecule has 2 N–H and O–H groups in total. The van der Waals surface area contributed by atoms with Crippen LogP contribution < -0.4 is 15.8 Å². The number of aromatic nitrogens is 5. The molecule has 0 spiro atoms. The van der Waals surface area contributed by atoms with E-state index in [1.807, 2.05) is 30.3 Å². The zero-order chi connectivity index (χ0) is 31.0. The Morgan fingerprint density at radius 2 is 1.82 bits per heavy atom. The SMILES string of the molecule is C=CCn1c(=O)c2cnc(Nc3ccc(N4CCN(C5CC(C(C)=O)C5)CC4)cc3)nc2n1-c1cccc(CC(C)(C)O)n1. The van der Waals surface area contributed by atoms with E-state index in [0.717, 1.165) is 50.4 Å². The minimum atomic E-state index is -0.925. The number of aliphatic hydroxyl groups is 1. The quantitative estimate of drug-likeness (QED) is 0.264. The van der Waals surface area contributed by atoms with E-state index < -0.39 is 5.60 Å². The number of hydrogen-bond acceptors (Lipinski definition) is 9. The third kappa shape index (κ3) is 6.15. The molecule has 2 fully saturated rings. The molecular weight excluding hydrogens is 556 g/mol. The van der Waals surface area contributed by atoms with Gasteiger partial charge < -0.3 is 15.3 Å². The van der Waals surface area contributed by atoms with Gasteiger partial charge in [-0.25, -0.2) is 19.3 Å². The van der Waals surface area contributed by atoms with Gasteiger partial charge in [0.2, 0.25) is 5.95 Å². The van der Waals surface area contributed by atoms with E-state index in [-0.39, 0.29) is 18.0 Å². The summed E-state index contributed by atoms with van der Waals surface area (Å²) in [6, 6.07) is 14.3. The van der Waals surface area contributed by atoms with Crippen molar-refractivity contribution >= 4 is 34.1 Å². The standard InChI is InChI=1S/C33H40N8O3/c1-5-13-40-31(43)28-21-34-32(37-30(28)41(40)29-8-6-7-25(35-29)20-33(3,4)44)36-24-9-11-26(12-10-24)38-14-16-39(17-15-38)27-18-23(19-27)22(2)42/h5-12,21,23,27,44H,1,13-20H2,2-4H3,(H,34,36,37). The van der Waals surface area contributed by atoms with E-state index in [0.29, 0.717) is 46.7 Å². The van der Waals surface area contributed by atoms with Crippen LogP contribution in [0.15, 0.2) is 66.1 Å². The number of piperazine rings is 1. The Bertz CT molecular complexity index is 1720. The first-order chi connectivity index (χ1) is 21.1. The molecule has 1 aliphatic carbocycles. The van der Waals surface area contributed by atoms with Crippen molar-refractivity contribution in [2.24, 2.45) is 5.92 Å². The molecule has 3 aromatic heterocycles. The number of carbonyl (C=O) groups is 1. The molecule has 0 radical (unpaired) electrons. The minimum absolute atomic E-state index is 0.235. The van der Waals surface area contributed by atoms with Gasteiger partial charge in [0.05, 0.1) is 12.1 Å². The molecule has 230 valence electrons. The van der Waals surface area contributed by atoms with Gasteiger partial charge in [-0.2, -0.15) is 4.98 Å². The molecule has 0 unspecified atom stereocenters. The molecule has 2 aliphatic rings. The summed E-state index contributed by atoms with van der Waals surface area (Å²) in [5.74, 6) is 1.46. The van der Waals surface area contributed by atoms with Crippen molar-refractivity contribution in [1.29, 1.82) is 0 Å². The highest BCUT2D eigenvalue weighted by atomic mass is 16.3. The Kier molecular flexibility index (Phi) is 8.08. The third-order valence-corrected chi connectivity index (χ3v) is 8.61. The zero-order valence-corrected chi connectivity index (χ0v) is 25.6. The Labute approximate surface area is 256 Å². The van der Waals surface area contributed by atoms with Crippen molar-refractivity contribution in [2.45, 2.75) is 58.2 Å². The van der Waals surface area contributed by atoms with Crippen molar-refractivity contribution in [3.05, 3.63) is 77.4 Å². The van der Waals surface area contributed by atoms with Crippen LogP contribution in [-0.2, 0) is 17.8 Å². The molecule has 6 rings (SSSR count). The molecular formula is C33H40N8O3. The number of Topliss-reactive ketones (excluding diaryl/α,β-unsaturated/α-hetero) is 1. The van der Waals surface area contributed by atoms with Gasteiger partial charge in [-0.3, -0.25) is 14.5 Å². The molecule has 0 amide bonds. The molecule has 44 heavy (non-hydrogen) atoms. The van der Waals surface area contributed by atoms with Crippen molar-refractivity contribution in [2.75, 3.05) is 36.4 Å². The largest absolute Gasteiger partial charge is 0.390 e. The maximum atomic E-state index is 13.3. The smallest absolute Gasteiger partial charge is 0.278 e. The summed E-state index contributed by atoms with van der Waals surface area (Å²) in [5, 5.41) is 14.0. The molecule has 11 heteroatoms. The molecule has 0 atom stereocenters. The molecule has 1 saturated carbocycles. The number of fused-ring (bicyclic) bond motifs is 1. The van der Waals surface area contributed by atoms with Gasteiger partial charge >= 0.3 is 0 Å². The fourth-order valence-corrected chi connectivity index (χ4v) is 6.18. The summed E-state index contributed by atoms with van der Waals surface area (Å²) < 4.78 is 3.22. The molecule has 0 bridgehead atoms. The monoisotopic (exact) mass is 596 g/mol. The summed E-state index contributed by atoms with van der Waals surface area (Å²) in [6.45, 7) is 13.2. The maximum absolute atomic E-state index is 13.3. The van der Waals surface area contributed by atoms with Gasteiger partial charge in [-0.05, 0) is 70.0 Å². The van der Waals surface area contributed by atoms with Gasteiger partial charge in [-0.15, -0.1) is 6.58 Å². The number of anilines is 3. The lowest BCUT2D eigenvalue weighted by molar-refractivity contribution is -0.125. The molecule has 1 aliphatic heterocycles. The molecule has 11 nitrogen and oxygen atoms in total. The van der Waals surface area contributed by atoms with Crippen LogP contribution in [0.4, 0.5) is 17.3 Å². The number of nitrogens with zero attached hydrogens (tertiary/aromatic N) is 7. The van der Waals surface area contributed by atoms with Crippen molar-refractivity contribution in [1.82, 2.24) is 29.2 Å². The lowest BCUT2D eigenvalue weighted by Gasteiger charge is -2.46. The number of pyridine rings is 1. The maximum Gasteiger partial charge on any atom is 0.278 e. The number of benzene rings is 1. The van der Waals surface area contributed by atoms with E-state index in [9.17, 15) is 14.7 Å². The van der Waals surface area contributed by atoms with Crippen molar-refractivity contribution in [3.8, 4) is 5.82 Å². The lowest BCUT2D eigenvalue weighted by atomic mass is 9.77. The van der Waals surface area contributed by atoms with Crippen LogP contribution in [0.2, 0.25) is 0 Å². The fourth-order valence-electron chi connectivity index (χ4n) is 6.18. The number of nitrogens with one attached hydrogen (secondary N) is 1. The predicted octanol–water partition coefficient (Wildman–Crippen LogP) is 3.71. The van der Waals surface area contributed by atoms with Gasteiger partial charge in [0.15, 0.2) is 11.5 Å². The van der Waals surface area contributed by atoms with Gasteiger partial charge in [-0.1, -0.05) is 12.1 Å². The highest BCUT2D eigenvalue weighted by molar-refractivity contribution is 5.79. The van der Waals surface area contributed by atoms with Crippen LogP contribution in [0.25, 0.3) is 16.9 Å². The Morgan fingerprint density at radius 1 is 1.09 bits per heavy atom. The normalized spacial score (nSPS) is 19.1. The van der Waals surface area contributed by atoms with Crippen molar-refractivity contribution < 1.29 is 9.90 Å². The second-order valence-corrected chi connectivity index (χ2v) is 12.5. The fraction of sp³-hybridized carbons (Fsp3) is 0.424. The zero-order valence-electron chi connectivity index (χ0n) is 25.6. The number of rotatable bonds is 10. The van der Waals surface area contributed by atoms with E-state index in [4.69, 9.17) is 9.97 Å². The lowest BCUT2D eigenvalue weighted by Crippen LogP contribution is -2.54. The average molecular weight is 597 g/mol. The summed E-state index contributed by atoms with van der Waals surface area (Å²) in [7, 11) is 0. The first-order valence-electron chi connectivity index (χ1n) is 15.2. The number of allylic oxidation sites excluding steroid dienone is 1. The van der Waals surface area contributed by atoms with Crippen LogP contribution in [0.3, 0.4) is 0 Å². The van der Waals surface area contributed by atoms with Crippen LogP contribution in [0.5, 0.6) is 0 Å². The number of carbonyl (C=O) groups excluding carboxylic acids is 1. The highest BCUT2D eigenvalue weighted by Gasteiger charge is 2.37. The van der Waals surface area contributed by atoms with Gasteiger partial charge in [0.1, 0.15) is 11.2 Å². The van der Waals surface area contributed by atoms with Crippen LogP contribution in [0, 0.1) is 5.92 Å². The second-order valence-electron chi connectivity index (χ2n) is 12.5. The molecule has 1 saturated heterocycles. The first kappa shape index (κ1) is 29.7. The Morgan fingerprint density at radius 3 is 2.48 bits per heavy atom. The molecule has 1 aromatic carbocycles. The summed E-state index contributed by atoms with van der Waals surface area (Å²) >= 11 is 0. The molecule has 4 aromatic rings. The number of hydrogen-bond donors (Lipinski definition) is 2. The highest BCUT2D eigenvalue weighted by Crippen LogP contribution is 2.33. The van der Waals surface area contributed by atoms with E-state index in [1.54, 1.807) is 37.7 Å². The van der Waals surface area contributed by atoms with Crippen LogP contribution in [-0.4, -0.2) is 77.9 Å².